The molecular formula is C22H28BrNO4. The van der Waals surface area contributed by atoms with Crippen molar-refractivity contribution in [1.29, 1.82) is 0 Å². The average molecular weight is 450 g/mol. The van der Waals surface area contributed by atoms with Gasteiger partial charge in [0.2, 0.25) is 0 Å². The highest BCUT2D eigenvalue weighted by molar-refractivity contribution is 9.10. The van der Waals surface area contributed by atoms with E-state index in [0.717, 1.165) is 25.7 Å². The highest BCUT2D eigenvalue weighted by Gasteiger charge is 2.31. The number of nitrogens with zero attached hydrogens (tertiary/aromatic N) is 1. The van der Waals surface area contributed by atoms with Crippen molar-refractivity contribution >= 4 is 38.9 Å². The summed E-state index contributed by atoms with van der Waals surface area (Å²) in [7, 11) is 0. The quantitative estimate of drug-likeness (QED) is 0.549. The number of ether oxygens (including phenoxy) is 2. The maximum Gasteiger partial charge on any atom is 0.419 e. The first kappa shape index (κ1) is 22.2. The average Bonchev–Trinajstić information content (AvgIpc) is 2.52. The maximum absolute atomic E-state index is 12.6. The molecule has 0 unspecified atom stereocenters. The molecule has 0 aliphatic heterocycles. The first-order chi connectivity index (χ1) is 12.9. The molecule has 28 heavy (non-hydrogen) atoms. The molecule has 2 rings (SSSR count). The number of carbonyl (C=O) groups is 2. The highest BCUT2D eigenvalue weighted by Crippen LogP contribution is 2.25. The predicted molar refractivity (Wildman–Crippen MR) is 115 cm³/mol. The zero-order valence-electron chi connectivity index (χ0n) is 17.3. The lowest BCUT2D eigenvalue weighted by Gasteiger charge is -2.28. The lowest BCUT2D eigenvalue weighted by Crippen LogP contribution is -2.44. The monoisotopic (exact) mass is 449 g/mol. The molecule has 0 radical (unpaired) electrons. The van der Waals surface area contributed by atoms with E-state index in [1.807, 2.05) is 30.3 Å². The van der Waals surface area contributed by atoms with Gasteiger partial charge in [0.05, 0.1) is 0 Å². The molecular weight excluding hydrogens is 422 g/mol. The molecule has 0 fully saturated rings. The summed E-state index contributed by atoms with van der Waals surface area (Å²) in [6, 6.07) is 12.1. The largest absolute Gasteiger partial charge is 0.443 e. The van der Waals surface area contributed by atoms with Crippen LogP contribution in [0.4, 0.5) is 9.59 Å². The molecule has 0 atom stereocenters. The third-order valence-corrected chi connectivity index (χ3v) is 4.49. The topological polar surface area (TPSA) is 55.8 Å². The number of benzene rings is 2. The molecule has 0 aliphatic carbocycles. The van der Waals surface area contributed by atoms with Crippen molar-refractivity contribution in [2.75, 3.05) is 6.54 Å². The molecule has 0 aromatic heterocycles. The molecule has 0 bridgehead atoms. The Hall–Kier alpha value is -2.08. The summed E-state index contributed by atoms with van der Waals surface area (Å²) >= 11 is 3.59. The third kappa shape index (κ3) is 6.51. The minimum absolute atomic E-state index is 0.154. The van der Waals surface area contributed by atoms with Gasteiger partial charge in [-0.25, -0.2) is 14.5 Å². The van der Waals surface area contributed by atoms with E-state index in [1.165, 1.54) is 0 Å². The fourth-order valence-electron chi connectivity index (χ4n) is 2.57. The molecule has 0 N–H and O–H groups in total. The molecule has 0 heterocycles. The Morgan fingerprint density at radius 1 is 0.893 bits per heavy atom. The molecule has 2 aromatic carbocycles. The normalized spacial score (nSPS) is 12.0. The Bertz CT molecular complexity index is 837. The van der Waals surface area contributed by atoms with Crippen molar-refractivity contribution in [3.05, 3.63) is 46.4 Å². The maximum atomic E-state index is 12.6. The van der Waals surface area contributed by atoms with Gasteiger partial charge >= 0.3 is 12.2 Å². The number of fused-ring (bicyclic) bond motifs is 1. The van der Waals surface area contributed by atoms with E-state index in [-0.39, 0.29) is 6.54 Å². The van der Waals surface area contributed by atoms with Gasteiger partial charge in [0, 0.05) is 11.0 Å². The van der Waals surface area contributed by atoms with Crippen LogP contribution in [0.25, 0.3) is 10.8 Å². The van der Waals surface area contributed by atoms with Crippen LogP contribution in [0.5, 0.6) is 0 Å². The molecule has 6 heteroatoms. The summed E-state index contributed by atoms with van der Waals surface area (Å²) in [6.45, 7) is 10.7. The Morgan fingerprint density at radius 3 is 1.82 bits per heavy atom. The zero-order chi connectivity index (χ0) is 21.1. The Morgan fingerprint density at radius 2 is 1.36 bits per heavy atom. The summed E-state index contributed by atoms with van der Waals surface area (Å²) in [5.41, 5.74) is -0.419. The SMILES string of the molecule is CC(C)(C)OC(=O)N(CCc1cc2ccccc2cc1Br)C(=O)OC(C)(C)C. The molecule has 2 aromatic rings. The first-order valence-electron chi connectivity index (χ1n) is 9.26. The van der Waals surface area contributed by atoms with Crippen molar-refractivity contribution in [2.45, 2.75) is 59.2 Å². The molecule has 2 amide bonds. The van der Waals surface area contributed by atoms with E-state index in [9.17, 15) is 9.59 Å². The van der Waals surface area contributed by atoms with E-state index < -0.39 is 23.4 Å². The minimum atomic E-state index is -0.710. The fraction of sp³-hybridized carbons (Fsp3) is 0.455. The lowest BCUT2D eigenvalue weighted by atomic mass is 10.0. The molecule has 0 saturated heterocycles. The van der Waals surface area contributed by atoms with Crippen LogP contribution in [0, 0.1) is 0 Å². The number of hydrogen-bond acceptors (Lipinski definition) is 4. The van der Waals surface area contributed by atoms with Crippen molar-refractivity contribution in [2.24, 2.45) is 0 Å². The lowest BCUT2D eigenvalue weighted by molar-refractivity contribution is 0.00171. The van der Waals surface area contributed by atoms with Gasteiger partial charge in [-0.3, -0.25) is 0 Å². The summed E-state index contributed by atoms with van der Waals surface area (Å²) in [4.78, 5) is 26.2. The fourth-order valence-corrected chi connectivity index (χ4v) is 3.13. The Balaban J connectivity index is 2.23. The van der Waals surface area contributed by atoms with Crippen molar-refractivity contribution in [3.8, 4) is 0 Å². The molecule has 152 valence electrons. The molecule has 0 aliphatic rings. The van der Waals surface area contributed by atoms with Crippen LogP contribution in [0.15, 0.2) is 40.9 Å². The van der Waals surface area contributed by atoms with Crippen LogP contribution in [-0.4, -0.2) is 34.8 Å². The number of halogens is 1. The van der Waals surface area contributed by atoms with Gasteiger partial charge in [0.15, 0.2) is 0 Å². The van der Waals surface area contributed by atoms with Crippen LogP contribution in [0.2, 0.25) is 0 Å². The van der Waals surface area contributed by atoms with Crippen LogP contribution >= 0.6 is 15.9 Å². The minimum Gasteiger partial charge on any atom is -0.443 e. The van der Waals surface area contributed by atoms with Crippen LogP contribution in [0.3, 0.4) is 0 Å². The van der Waals surface area contributed by atoms with Gasteiger partial charge in [0.25, 0.3) is 0 Å². The Kier molecular flexibility index (Phi) is 6.75. The van der Waals surface area contributed by atoms with E-state index in [1.54, 1.807) is 41.5 Å². The second-order valence-electron chi connectivity index (χ2n) is 8.65. The van der Waals surface area contributed by atoms with Gasteiger partial charge in [-0.2, -0.15) is 0 Å². The summed E-state index contributed by atoms with van der Waals surface area (Å²) in [5, 5.41) is 2.22. The van der Waals surface area contributed by atoms with Crippen LogP contribution in [-0.2, 0) is 15.9 Å². The second kappa shape index (κ2) is 8.52. The number of rotatable bonds is 3. The van der Waals surface area contributed by atoms with Gasteiger partial charge in [0.1, 0.15) is 11.2 Å². The van der Waals surface area contributed by atoms with Crippen molar-refractivity contribution < 1.29 is 19.1 Å². The van der Waals surface area contributed by atoms with Gasteiger partial charge < -0.3 is 9.47 Å². The zero-order valence-corrected chi connectivity index (χ0v) is 18.9. The first-order valence-corrected chi connectivity index (χ1v) is 10.1. The van der Waals surface area contributed by atoms with Gasteiger partial charge in [-0.1, -0.05) is 40.2 Å². The van der Waals surface area contributed by atoms with E-state index in [2.05, 4.69) is 22.0 Å². The summed E-state index contributed by atoms with van der Waals surface area (Å²) in [6.07, 6.45) is -0.943. The Labute approximate surface area is 175 Å². The van der Waals surface area contributed by atoms with Crippen molar-refractivity contribution in [3.63, 3.8) is 0 Å². The molecule has 5 nitrogen and oxygen atoms in total. The van der Waals surface area contributed by atoms with Crippen LogP contribution < -0.4 is 0 Å². The number of amides is 2. The van der Waals surface area contributed by atoms with E-state index in [0.29, 0.717) is 6.42 Å². The number of hydrogen-bond donors (Lipinski definition) is 0. The summed E-state index contributed by atoms with van der Waals surface area (Å²) < 4.78 is 11.7. The molecule has 0 saturated carbocycles. The van der Waals surface area contributed by atoms with Gasteiger partial charge in [-0.05, 0) is 76.4 Å². The smallest absolute Gasteiger partial charge is 0.419 e. The van der Waals surface area contributed by atoms with Crippen molar-refractivity contribution in [1.82, 2.24) is 4.90 Å². The standard InChI is InChI=1S/C22H28BrNO4/c1-21(2,3)27-19(25)24(20(26)28-22(4,5)6)12-11-17-13-15-9-7-8-10-16(15)14-18(17)23/h7-10,13-14H,11-12H2,1-6H3. The number of imide groups is 1. The number of carbonyl (C=O) groups excluding carboxylic acids is 2. The second-order valence-corrected chi connectivity index (χ2v) is 9.51. The third-order valence-electron chi connectivity index (χ3n) is 3.75. The van der Waals surface area contributed by atoms with Gasteiger partial charge in [-0.15, -0.1) is 0 Å². The highest BCUT2D eigenvalue weighted by atomic mass is 79.9. The predicted octanol–water partition coefficient (Wildman–Crippen LogP) is 6.32. The van der Waals surface area contributed by atoms with Crippen LogP contribution in [0.1, 0.15) is 47.1 Å². The summed E-state index contributed by atoms with van der Waals surface area (Å²) in [5.74, 6) is 0. The van der Waals surface area contributed by atoms with E-state index >= 15 is 0 Å². The van der Waals surface area contributed by atoms with E-state index in [4.69, 9.17) is 9.47 Å². The molecule has 0 spiro atoms.